The van der Waals surface area contributed by atoms with Crippen LogP contribution in [0.1, 0.15) is 418 Å². The van der Waals surface area contributed by atoms with Gasteiger partial charge in [0.15, 0.2) is 0 Å². The van der Waals surface area contributed by atoms with Crippen LogP contribution in [0.25, 0.3) is 0 Å². The summed E-state index contributed by atoms with van der Waals surface area (Å²) >= 11 is 0. The number of carbonyl (C=O) groups excluding carboxylic acids is 2. The number of aliphatic hydroxyl groups excluding tert-OH is 2. The number of hydrogen-bond acceptors (Lipinski definition) is 5. The van der Waals surface area contributed by atoms with E-state index >= 15 is 0 Å². The molecule has 0 spiro atoms. The lowest BCUT2D eigenvalue weighted by molar-refractivity contribution is -0.143. The molecule has 2 unspecified atom stereocenters. The average molecular weight is 1170 g/mol. The van der Waals surface area contributed by atoms with Gasteiger partial charge in [0.2, 0.25) is 5.91 Å². The van der Waals surface area contributed by atoms with Crippen LogP contribution in [0.5, 0.6) is 0 Å². The number of hydrogen-bond donors (Lipinski definition) is 3. The third-order valence-electron chi connectivity index (χ3n) is 17.6. The van der Waals surface area contributed by atoms with Crippen molar-refractivity contribution in [3.8, 4) is 0 Å². The smallest absolute Gasteiger partial charge is 0.305 e. The molecular weight excluding hydrogens is 1020 g/mol. The predicted molar refractivity (Wildman–Crippen MR) is 366 cm³/mol. The zero-order chi connectivity index (χ0) is 59.9. The highest BCUT2D eigenvalue weighted by atomic mass is 16.5. The van der Waals surface area contributed by atoms with E-state index in [9.17, 15) is 19.8 Å². The van der Waals surface area contributed by atoms with Gasteiger partial charge in [0, 0.05) is 12.8 Å². The molecule has 0 bridgehead atoms. The molecule has 0 aliphatic heterocycles. The predicted octanol–water partition coefficient (Wildman–Crippen LogP) is 24.7. The highest BCUT2D eigenvalue weighted by Crippen LogP contribution is 2.19. The summed E-state index contributed by atoms with van der Waals surface area (Å²) in [7, 11) is 0. The Hall–Kier alpha value is -1.92. The summed E-state index contributed by atoms with van der Waals surface area (Å²) in [6, 6.07) is -0.626. The van der Waals surface area contributed by atoms with Gasteiger partial charge in [-0.2, -0.15) is 0 Å². The zero-order valence-corrected chi connectivity index (χ0v) is 56.2. The van der Waals surface area contributed by atoms with Crippen LogP contribution in [0.4, 0.5) is 0 Å². The van der Waals surface area contributed by atoms with Crippen LogP contribution in [0.15, 0.2) is 36.5 Å². The number of allylic oxidation sites excluding steroid dienone is 5. The second kappa shape index (κ2) is 72.6. The van der Waals surface area contributed by atoms with E-state index in [-0.39, 0.29) is 18.5 Å². The van der Waals surface area contributed by atoms with Crippen molar-refractivity contribution in [3.05, 3.63) is 36.5 Å². The van der Waals surface area contributed by atoms with Crippen LogP contribution < -0.4 is 5.32 Å². The maximum atomic E-state index is 12.5. The second-order valence-corrected chi connectivity index (χ2v) is 26.0. The fourth-order valence-electron chi connectivity index (χ4n) is 11.9. The molecule has 0 aromatic rings. The Labute approximate surface area is 519 Å². The Morgan fingerprint density at radius 3 is 0.867 bits per heavy atom. The molecule has 0 rings (SSSR count). The van der Waals surface area contributed by atoms with Crippen molar-refractivity contribution in [1.82, 2.24) is 5.32 Å². The Balaban J connectivity index is 3.38. The van der Waals surface area contributed by atoms with Crippen LogP contribution in [-0.4, -0.2) is 47.4 Å². The first-order chi connectivity index (χ1) is 41.0. The minimum atomic E-state index is -0.843. The van der Waals surface area contributed by atoms with E-state index in [1.165, 1.54) is 347 Å². The Bertz CT molecular complexity index is 1340. The Morgan fingerprint density at radius 1 is 0.325 bits per heavy atom. The lowest BCUT2D eigenvalue weighted by Gasteiger charge is -2.20. The first kappa shape index (κ1) is 81.1. The van der Waals surface area contributed by atoms with E-state index in [1.807, 2.05) is 6.08 Å². The largest absolute Gasteiger partial charge is 0.466 e. The maximum Gasteiger partial charge on any atom is 0.305 e. The van der Waals surface area contributed by atoms with Crippen molar-refractivity contribution in [3.63, 3.8) is 0 Å². The van der Waals surface area contributed by atoms with Gasteiger partial charge in [0.1, 0.15) is 0 Å². The zero-order valence-electron chi connectivity index (χ0n) is 56.2. The Kier molecular flexibility index (Phi) is 70.9. The Morgan fingerprint density at radius 2 is 0.566 bits per heavy atom. The number of esters is 1. The minimum Gasteiger partial charge on any atom is -0.466 e. The molecule has 490 valence electrons. The van der Waals surface area contributed by atoms with E-state index in [1.54, 1.807) is 6.08 Å². The molecule has 0 heterocycles. The summed E-state index contributed by atoms with van der Waals surface area (Å²) in [5.41, 5.74) is 0. The third kappa shape index (κ3) is 69.1. The maximum absolute atomic E-state index is 12.5. The van der Waals surface area contributed by atoms with E-state index in [4.69, 9.17) is 4.74 Å². The molecule has 3 N–H and O–H groups in total. The van der Waals surface area contributed by atoms with Crippen molar-refractivity contribution >= 4 is 11.9 Å². The number of carbonyl (C=O) groups is 2. The summed E-state index contributed by atoms with van der Waals surface area (Å²) in [5, 5.41) is 23.3. The van der Waals surface area contributed by atoms with Gasteiger partial charge in [-0.15, -0.1) is 0 Å². The molecule has 83 heavy (non-hydrogen) atoms. The standard InChI is InChI=1S/C77H147NO5/c1-3-5-7-9-11-13-15-17-18-19-20-36-39-42-46-49-53-57-61-65-69-75(80)74(73-79)78-76(81)70-66-62-58-54-50-47-43-40-37-34-32-30-28-26-24-22-21-23-25-27-29-31-33-35-38-41-44-48-52-56-60-64-68-72-83-77(82)71-67-63-59-55-51-45-16-14-12-10-8-6-4-2/h14,16,25,27,65,69,74-75,79-80H,3-13,15,17-24,26,28-64,66-68,70-73H2,1-2H3,(H,78,81)/b16-14-,27-25-,69-65+. The van der Waals surface area contributed by atoms with Crippen LogP contribution in [-0.2, 0) is 14.3 Å². The molecular formula is C77H147NO5. The molecule has 2 atom stereocenters. The first-order valence-electron chi connectivity index (χ1n) is 37.8. The number of aliphatic hydroxyl groups is 2. The van der Waals surface area contributed by atoms with Crippen molar-refractivity contribution in [2.75, 3.05) is 13.2 Å². The first-order valence-corrected chi connectivity index (χ1v) is 37.8. The SMILES string of the molecule is CCCCCC/C=C\CCCCCCCC(=O)OCCCCCCCCCCCCCC/C=C\CCCCCCCCCCCCCCCCCCCC(=O)NC(CO)C(O)/C=C/CCCCCCCCCCCCCCCCCCCC. The van der Waals surface area contributed by atoms with Gasteiger partial charge in [-0.05, 0) is 83.5 Å². The molecule has 6 nitrogen and oxygen atoms in total. The van der Waals surface area contributed by atoms with Crippen molar-refractivity contribution in [2.24, 2.45) is 0 Å². The van der Waals surface area contributed by atoms with Crippen molar-refractivity contribution in [2.45, 2.75) is 431 Å². The lowest BCUT2D eigenvalue weighted by Crippen LogP contribution is -2.45. The number of nitrogens with one attached hydrogen (secondary N) is 1. The molecule has 0 aliphatic carbocycles. The van der Waals surface area contributed by atoms with E-state index in [2.05, 4.69) is 43.5 Å². The normalized spacial score (nSPS) is 12.7. The number of unbranched alkanes of at least 4 members (excludes halogenated alkanes) is 56. The molecule has 0 saturated carbocycles. The fourth-order valence-corrected chi connectivity index (χ4v) is 11.9. The summed E-state index contributed by atoms with van der Waals surface area (Å²) in [6.45, 7) is 4.93. The second-order valence-electron chi connectivity index (χ2n) is 26.0. The van der Waals surface area contributed by atoms with Crippen LogP contribution in [0, 0.1) is 0 Å². The summed E-state index contributed by atoms with van der Waals surface area (Å²) in [6.07, 6.45) is 93.9. The van der Waals surface area contributed by atoms with Gasteiger partial charge >= 0.3 is 5.97 Å². The monoisotopic (exact) mass is 1170 g/mol. The van der Waals surface area contributed by atoms with Gasteiger partial charge in [-0.25, -0.2) is 0 Å². The molecule has 1 amide bonds. The van der Waals surface area contributed by atoms with Crippen molar-refractivity contribution < 1.29 is 24.5 Å². The fraction of sp³-hybridized carbons (Fsp3) is 0.896. The van der Waals surface area contributed by atoms with Gasteiger partial charge < -0.3 is 20.3 Å². The lowest BCUT2D eigenvalue weighted by atomic mass is 10.0. The quantitative estimate of drug-likeness (QED) is 0.0320. The summed E-state index contributed by atoms with van der Waals surface area (Å²) in [4.78, 5) is 24.6. The van der Waals surface area contributed by atoms with Gasteiger partial charge in [0.05, 0.1) is 25.4 Å². The van der Waals surface area contributed by atoms with Gasteiger partial charge in [0.25, 0.3) is 0 Å². The number of ether oxygens (including phenoxy) is 1. The van der Waals surface area contributed by atoms with Crippen molar-refractivity contribution in [1.29, 1.82) is 0 Å². The average Bonchev–Trinajstić information content (AvgIpc) is 3.49. The highest BCUT2D eigenvalue weighted by molar-refractivity contribution is 5.76. The summed E-state index contributed by atoms with van der Waals surface area (Å²) < 4.78 is 5.48. The minimum absolute atomic E-state index is 0.00962. The van der Waals surface area contributed by atoms with Crippen LogP contribution in [0.2, 0.25) is 0 Å². The van der Waals surface area contributed by atoms with E-state index < -0.39 is 12.1 Å². The van der Waals surface area contributed by atoms with Gasteiger partial charge in [-0.3, -0.25) is 9.59 Å². The third-order valence-corrected chi connectivity index (χ3v) is 17.6. The topological polar surface area (TPSA) is 95.9 Å². The van der Waals surface area contributed by atoms with E-state index in [0.29, 0.717) is 19.4 Å². The molecule has 6 heteroatoms. The van der Waals surface area contributed by atoms with Crippen LogP contribution >= 0.6 is 0 Å². The molecule has 0 aliphatic rings. The molecule has 0 fully saturated rings. The molecule has 0 radical (unpaired) electrons. The molecule has 0 aromatic carbocycles. The van der Waals surface area contributed by atoms with Gasteiger partial charge in [-0.1, -0.05) is 359 Å². The summed E-state index contributed by atoms with van der Waals surface area (Å²) in [5.74, 6) is -0.0513. The van der Waals surface area contributed by atoms with Crippen LogP contribution in [0.3, 0.4) is 0 Å². The number of amides is 1. The highest BCUT2D eigenvalue weighted by Gasteiger charge is 2.18. The molecule has 0 aromatic heterocycles. The van der Waals surface area contributed by atoms with E-state index in [0.717, 1.165) is 44.9 Å². The number of rotatable bonds is 71. The molecule has 0 saturated heterocycles.